The molecule has 2 heterocycles. The van der Waals surface area contributed by atoms with Gasteiger partial charge in [0.05, 0.1) is 18.9 Å². The maximum atomic E-state index is 11.3. The molecule has 1 aromatic rings. The van der Waals surface area contributed by atoms with Crippen molar-refractivity contribution in [3.8, 4) is 0 Å². The second-order valence-electron chi connectivity index (χ2n) is 4.35. The van der Waals surface area contributed by atoms with Crippen molar-refractivity contribution < 1.29 is 22.4 Å². The number of rotatable bonds is 4. The first-order valence-electron chi connectivity index (χ1n) is 5.76. The van der Waals surface area contributed by atoms with Crippen molar-refractivity contribution in [3.05, 3.63) is 35.1 Å². The van der Waals surface area contributed by atoms with Gasteiger partial charge in [0, 0.05) is 11.4 Å². The third-order valence-corrected chi connectivity index (χ3v) is 4.23. The van der Waals surface area contributed by atoms with E-state index in [9.17, 15) is 13.2 Å². The van der Waals surface area contributed by atoms with E-state index in [0.29, 0.717) is 5.76 Å². The first kappa shape index (κ1) is 13.8. The van der Waals surface area contributed by atoms with Gasteiger partial charge < -0.3 is 14.5 Å². The second kappa shape index (κ2) is 5.18. The van der Waals surface area contributed by atoms with E-state index in [2.05, 4.69) is 10.1 Å². The van der Waals surface area contributed by atoms with E-state index in [1.165, 1.54) is 18.6 Å². The van der Waals surface area contributed by atoms with Crippen LogP contribution in [-0.2, 0) is 14.6 Å². The number of carbonyl (C=O) groups is 1. The van der Waals surface area contributed by atoms with Crippen LogP contribution in [0.3, 0.4) is 0 Å². The summed E-state index contributed by atoms with van der Waals surface area (Å²) >= 11 is 0. The van der Waals surface area contributed by atoms with Crippen LogP contribution in [-0.4, -0.2) is 33.3 Å². The highest BCUT2D eigenvalue weighted by molar-refractivity contribution is 7.94. The molecule has 2 rings (SSSR count). The molecule has 2 unspecified atom stereocenters. The Morgan fingerprint density at radius 1 is 1.53 bits per heavy atom. The predicted octanol–water partition coefficient (Wildman–Crippen LogP) is 1.03. The minimum absolute atomic E-state index is 0.0436. The van der Waals surface area contributed by atoms with Crippen molar-refractivity contribution in [1.82, 2.24) is 5.32 Å². The zero-order chi connectivity index (χ0) is 14.0. The first-order chi connectivity index (χ1) is 8.91. The Hall–Kier alpha value is -1.60. The van der Waals surface area contributed by atoms with E-state index in [1.54, 1.807) is 12.1 Å². The van der Waals surface area contributed by atoms with Crippen molar-refractivity contribution in [3.63, 3.8) is 0 Å². The summed E-state index contributed by atoms with van der Waals surface area (Å²) in [6.45, 7) is 1.83. The average molecular weight is 285 g/mol. The lowest BCUT2D eigenvalue weighted by atomic mass is 10.2. The smallest absolute Gasteiger partial charge is 0.373 e. The fourth-order valence-corrected chi connectivity index (χ4v) is 3.13. The molecule has 1 aliphatic heterocycles. The van der Waals surface area contributed by atoms with E-state index in [-0.39, 0.29) is 23.6 Å². The molecule has 7 heteroatoms. The molecule has 19 heavy (non-hydrogen) atoms. The van der Waals surface area contributed by atoms with Crippen LogP contribution in [0.15, 0.2) is 28.0 Å². The number of nitrogens with one attached hydrogen (secondary N) is 1. The number of sulfone groups is 1. The van der Waals surface area contributed by atoms with Crippen LogP contribution in [0.25, 0.3) is 0 Å². The Labute approximate surface area is 111 Å². The Bertz CT molecular complexity index is 601. The molecule has 0 aliphatic carbocycles. The summed E-state index contributed by atoms with van der Waals surface area (Å²) in [6.07, 6.45) is 1.61. The maximum Gasteiger partial charge on any atom is 0.373 e. The molecule has 1 aliphatic rings. The van der Waals surface area contributed by atoms with Crippen molar-refractivity contribution in [2.45, 2.75) is 19.0 Å². The molecule has 1 aromatic heterocycles. The summed E-state index contributed by atoms with van der Waals surface area (Å²) < 4.78 is 32.5. The molecule has 0 radical (unpaired) electrons. The zero-order valence-electron chi connectivity index (χ0n) is 10.6. The molecule has 2 atom stereocenters. The molecule has 0 bridgehead atoms. The summed E-state index contributed by atoms with van der Waals surface area (Å²) in [5.41, 5.74) is 0. The number of hydrogen-bond donors (Lipinski definition) is 1. The lowest BCUT2D eigenvalue weighted by Crippen LogP contribution is -2.32. The SMILES string of the molecule is COC(=O)c1ccc(C(C)NC2C=CS(=O)(=O)C2)o1. The van der Waals surface area contributed by atoms with Crippen molar-refractivity contribution in [2.75, 3.05) is 12.9 Å². The molecule has 0 saturated carbocycles. The third-order valence-electron chi connectivity index (χ3n) is 2.83. The summed E-state index contributed by atoms with van der Waals surface area (Å²) in [5.74, 6) is 0.183. The van der Waals surface area contributed by atoms with Crippen molar-refractivity contribution >= 4 is 15.8 Å². The average Bonchev–Trinajstić information content (AvgIpc) is 2.95. The van der Waals surface area contributed by atoms with Crippen molar-refractivity contribution in [2.24, 2.45) is 0 Å². The summed E-state index contributed by atoms with van der Waals surface area (Å²) in [5, 5.41) is 4.32. The third kappa shape index (κ3) is 3.24. The van der Waals surface area contributed by atoms with Gasteiger partial charge in [-0.15, -0.1) is 0 Å². The van der Waals surface area contributed by atoms with E-state index in [4.69, 9.17) is 4.42 Å². The minimum atomic E-state index is -3.08. The van der Waals surface area contributed by atoms with E-state index in [1.807, 2.05) is 6.92 Å². The quantitative estimate of drug-likeness (QED) is 0.832. The van der Waals surface area contributed by atoms with E-state index in [0.717, 1.165) is 0 Å². The van der Waals surface area contributed by atoms with Gasteiger partial charge in [-0.05, 0) is 19.1 Å². The monoisotopic (exact) mass is 285 g/mol. The normalized spacial score (nSPS) is 22.3. The molecule has 0 spiro atoms. The van der Waals surface area contributed by atoms with Crippen LogP contribution in [0.1, 0.15) is 29.3 Å². The Morgan fingerprint density at radius 2 is 2.26 bits per heavy atom. The number of furan rings is 1. The van der Waals surface area contributed by atoms with Crippen LogP contribution in [0, 0.1) is 0 Å². The fraction of sp³-hybridized carbons (Fsp3) is 0.417. The number of ether oxygens (including phenoxy) is 1. The van der Waals surface area contributed by atoms with Crippen LogP contribution in [0.5, 0.6) is 0 Å². The van der Waals surface area contributed by atoms with Gasteiger partial charge in [0.25, 0.3) is 0 Å². The van der Waals surface area contributed by atoms with Gasteiger partial charge in [0.2, 0.25) is 5.76 Å². The molecule has 0 aromatic carbocycles. The molecule has 0 amide bonds. The molecule has 0 saturated heterocycles. The predicted molar refractivity (Wildman–Crippen MR) is 68.3 cm³/mol. The molecule has 104 valence electrons. The molecular formula is C12H15NO5S. The number of esters is 1. The summed E-state index contributed by atoms with van der Waals surface area (Å²) in [6, 6.07) is 2.74. The molecule has 1 N–H and O–H groups in total. The van der Waals surface area contributed by atoms with Gasteiger partial charge in [-0.1, -0.05) is 6.08 Å². The van der Waals surface area contributed by atoms with Gasteiger partial charge in [-0.3, -0.25) is 0 Å². The fourth-order valence-electron chi connectivity index (χ4n) is 1.88. The minimum Gasteiger partial charge on any atom is -0.463 e. The van der Waals surface area contributed by atoms with E-state index < -0.39 is 15.8 Å². The Kier molecular flexibility index (Phi) is 3.77. The highest BCUT2D eigenvalue weighted by Crippen LogP contribution is 2.19. The second-order valence-corrected chi connectivity index (χ2v) is 6.28. The van der Waals surface area contributed by atoms with Gasteiger partial charge >= 0.3 is 5.97 Å². The number of methoxy groups -OCH3 is 1. The van der Waals surface area contributed by atoms with Crippen LogP contribution in [0.2, 0.25) is 0 Å². The van der Waals surface area contributed by atoms with Crippen LogP contribution >= 0.6 is 0 Å². The van der Waals surface area contributed by atoms with Crippen molar-refractivity contribution in [1.29, 1.82) is 0 Å². The van der Waals surface area contributed by atoms with Gasteiger partial charge in [-0.25, -0.2) is 13.2 Å². The van der Waals surface area contributed by atoms with Gasteiger partial charge in [-0.2, -0.15) is 0 Å². The number of hydrogen-bond acceptors (Lipinski definition) is 6. The zero-order valence-corrected chi connectivity index (χ0v) is 11.4. The van der Waals surface area contributed by atoms with E-state index >= 15 is 0 Å². The summed E-state index contributed by atoms with van der Waals surface area (Å²) in [7, 11) is -1.81. The van der Waals surface area contributed by atoms with Crippen LogP contribution < -0.4 is 5.32 Å². The lowest BCUT2D eigenvalue weighted by molar-refractivity contribution is 0.0562. The van der Waals surface area contributed by atoms with Crippen LogP contribution in [0.4, 0.5) is 0 Å². The first-order valence-corrected chi connectivity index (χ1v) is 7.48. The highest BCUT2D eigenvalue weighted by atomic mass is 32.2. The molecular weight excluding hydrogens is 270 g/mol. The largest absolute Gasteiger partial charge is 0.463 e. The topological polar surface area (TPSA) is 85.6 Å². The summed E-state index contributed by atoms with van der Waals surface area (Å²) in [4.78, 5) is 11.3. The highest BCUT2D eigenvalue weighted by Gasteiger charge is 2.24. The number of carbonyl (C=O) groups excluding carboxylic acids is 1. The standard InChI is InChI=1S/C12H15NO5S/c1-8(13-9-5-6-19(15,16)7-9)10-3-4-11(18-10)12(14)17-2/h3-6,8-9,13H,7H2,1-2H3. The molecule has 6 nitrogen and oxygen atoms in total. The molecule has 0 fully saturated rings. The van der Waals surface area contributed by atoms with Gasteiger partial charge in [0.15, 0.2) is 9.84 Å². The Morgan fingerprint density at radius 3 is 2.84 bits per heavy atom. The Balaban J connectivity index is 2.01. The maximum absolute atomic E-state index is 11.3. The lowest BCUT2D eigenvalue weighted by Gasteiger charge is -2.15. The van der Waals surface area contributed by atoms with Gasteiger partial charge in [0.1, 0.15) is 5.76 Å².